The molecule has 134 valence electrons. The highest BCUT2D eigenvalue weighted by molar-refractivity contribution is 6.30. The molecule has 4 nitrogen and oxygen atoms in total. The molecule has 1 aromatic rings. The molecule has 3 rings (SSSR count). The zero-order valence-corrected chi connectivity index (χ0v) is 15.9. The van der Waals surface area contributed by atoms with Crippen LogP contribution in [0.1, 0.15) is 45.2 Å². The Balaban J connectivity index is 0.00000208. The number of benzene rings is 1. The molecule has 1 aromatic carbocycles. The number of carbonyl (C=O) groups excluding carboxylic acids is 1. The van der Waals surface area contributed by atoms with Crippen LogP contribution in [-0.2, 0) is 9.53 Å². The first kappa shape index (κ1) is 19.5. The molecular weight excluding hydrogens is 347 g/mol. The number of hydrogen-bond donors (Lipinski definition) is 2. The lowest BCUT2D eigenvalue weighted by atomic mass is 9.46. The van der Waals surface area contributed by atoms with Crippen LogP contribution in [0.4, 0.5) is 0 Å². The second kappa shape index (κ2) is 6.83. The van der Waals surface area contributed by atoms with Crippen molar-refractivity contribution in [1.29, 1.82) is 0 Å². The van der Waals surface area contributed by atoms with Crippen molar-refractivity contribution in [3.8, 4) is 0 Å². The molecule has 24 heavy (non-hydrogen) atoms. The van der Waals surface area contributed by atoms with Gasteiger partial charge in [0.05, 0.1) is 12.1 Å². The lowest BCUT2D eigenvalue weighted by Gasteiger charge is -2.65. The third kappa shape index (κ3) is 2.84. The Bertz CT molecular complexity index is 606. The van der Waals surface area contributed by atoms with E-state index in [1.165, 1.54) is 0 Å². The number of ether oxygens (including phenoxy) is 1. The number of nitrogens with one attached hydrogen (secondary N) is 1. The molecule has 1 amide bonds. The van der Waals surface area contributed by atoms with Crippen molar-refractivity contribution >= 4 is 29.9 Å². The van der Waals surface area contributed by atoms with E-state index in [1.807, 2.05) is 45.0 Å². The van der Waals surface area contributed by atoms with Crippen molar-refractivity contribution < 1.29 is 9.53 Å². The van der Waals surface area contributed by atoms with Crippen LogP contribution in [0.3, 0.4) is 0 Å². The Morgan fingerprint density at radius 2 is 2.00 bits per heavy atom. The first-order valence-electron chi connectivity index (χ1n) is 8.25. The predicted molar refractivity (Wildman–Crippen MR) is 98.4 cm³/mol. The van der Waals surface area contributed by atoms with Crippen molar-refractivity contribution in [3.63, 3.8) is 0 Å². The van der Waals surface area contributed by atoms with E-state index in [4.69, 9.17) is 22.1 Å². The first-order valence-corrected chi connectivity index (χ1v) is 8.63. The Morgan fingerprint density at radius 3 is 2.62 bits per heavy atom. The smallest absolute Gasteiger partial charge is 0.241 e. The Labute approximate surface area is 154 Å². The van der Waals surface area contributed by atoms with Crippen molar-refractivity contribution in [3.05, 3.63) is 34.9 Å². The highest BCUT2D eigenvalue weighted by Crippen LogP contribution is 2.57. The maximum Gasteiger partial charge on any atom is 0.241 e. The zero-order valence-electron chi connectivity index (χ0n) is 14.3. The molecule has 0 aromatic heterocycles. The van der Waals surface area contributed by atoms with Gasteiger partial charge >= 0.3 is 0 Å². The van der Waals surface area contributed by atoms with Crippen LogP contribution in [0, 0.1) is 11.3 Å². The molecule has 1 saturated heterocycles. The average molecular weight is 373 g/mol. The predicted octanol–water partition coefficient (Wildman–Crippen LogP) is 3.47. The molecule has 0 bridgehead atoms. The number of rotatable bonds is 3. The fraction of sp³-hybridized carbons (Fsp3) is 0.611. The lowest BCUT2D eigenvalue weighted by molar-refractivity contribution is -0.225. The molecule has 1 aliphatic carbocycles. The molecule has 1 aliphatic heterocycles. The van der Waals surface area contributed by atoms with Crippen LogP contribution in [0.2, 0.25) is 5.02 Å². The summed E-state index contributed by atoms with van der Waals surface area (Å²) in [6, 6.07) is 7.40. The summed E-state index contributed by atoms with van der Waals surface area (Å²) in [7, 11) is 0. The van der Waals surface area contributed by atoms with Gasteiger partial charge < -0.3 is 15.8 Å². The number of fused-ring (bicyclic) bond motifs is 1. The summed E-state index contributed by atoms with van der Waals surface area (Å²) in [6.07, 6.45) is 2.00. The van der Waals surface area contributed by atoms with E-state index in [9.17, 15) is 4.79 Å². The van der Waals surface area contributed by atoms with Crippen LogP contribution >= 0.6 is 24.0 Å². The number of hydrogen-bond acceptors (Lipinski definition) is 3. The standard InChI is InChI=1S/C18H25ClN2O2.ClH/c1-11(12-6-8-13(19)9-7-12)21-16(22)18(20)14-5-4-10-23-15(14)17(18,2)3;/h6-9,11,14-15H,4-5,10,20H2,1-3H3,(H,21,22);1H. The van der Waals surface area contributed by atoms with Gasteiger partial charge in [0.1, 0.15) is 5.54 Å². The van der Waals surface area contributed by atoms with E-state index >= 15 is 0 Å². The second-order valence-electron chi connectivity index (χ2n) is 7.38. The van der Waals surface area contributed by atoms with Crippen molar-refractivity contribution in [1.82, 2.24) is 5.32 Å². The van der Waals surface area contributed by atoms with Crippen LogP contribution < -0.4 is 11.1 Å². The van der Waals surface area contributed by atoms with Gasteiger partial charge in [-0.3, -0.25) is 4.79 Å². The van der Waals surface area contributed by atoms with Crippen molar-refractivity contribution in [2.24, 2.45) is 17.1 Å². The van der Waals surface area contributed by atoms with Crippen LogP contribution in [0.25, 0.3) is 0 Å². The van der Waals surface area contributed by atoms with E-state index in [0.717, 1.165) is 25.0 Å². The van der Waals surface area contributed by atoms with E-state index in [0.29, 0.717) is 5.02 Å². The summed E-state index contributed by atoms with van der Waals surface area (Å²) in [4.78, 5) is 13.0. The maximum atomic E-state index is 13.0. The highest BCUT2D eigenvalue weighted by Gasteiger charge is 2.70. The van der Waals surface area contributed by atoms with Gasteiger partial charge in [0.2, 0.25) is 5.91 Å². The number of amides is 1. The molecule has 1 saturated carbocycles. The van der Waals surface area contributed by atoms with Crippen LogP contribution in [-0.4, -0.2) is 24.2 Å². The Kier molecular flexibility index (Phi) is 5.55. The molecule has 6 heteroatoms. The minimum atomic E-state index is -0.876. The summed E-state index contributed by atoms with van der Waals surface area (Å²) < 4.78 is 5.87. The topological polar surface area (TPSA) is 64.4 Å². The normalized spacial score (nSPS) is 31.9. The van der Waals surface area contributed by atoms with Gasteiger partial charge in [-0.25, -0.2) is 0 Å². The first-order chi connectivity index (χ1) is 10.8. The summed E-state index contributed by atoms with van der Waals surface area (Å²) in [5.41, 5.74) is 6.39. The van der Waals surface area contributed by atoms with Gasteiger partial charge in [0, 0.05) is 23.0 Å². The van der Waals surface area contributed by atoms with Crippen LogP contribution in [0.15, 0.2) is 24.3 Å². The van der Waals surface area contributed by atoms with E-state index in [1.54, 1.807) is 0 Å². The van der Waals surface area contributed by atoms with Crippen LogP contribution in [0.5, 0.6) is 0 Å². The minimum Gasteiger partial charge on any atom is -0.377 e. The van der Waals surface area contributed by atoms with Gasteiger partial charge in [0.25, 0.3) is 0 Å². The van der Waals surface area contributed by atoms with Gasteiger partial charge in [-0.1, -0.05) is 37.6 Å². The molecular formula is C18H26Cl2N2O2. The van der Waals surface area contributed by atoms with Gasteiger partial charge in [-0.2, -0.15) is 0 Å². The lowest BCUT2D eigenvalue weighted by Crippen LogP contribution is -2.82. The number of halogens is 2. The molecule has 3 N–H and O–H groups in total. The number of nitrogens with two attached hydrogens (primary N) is 1. The van der Waals surface area contributed by atoms with E-state index < -0.39 is 5.54 Å². The monoisotopic (exact) mass is 372 g/mol. The maximum absolute atomic E-state index is 13.0. The molecule has 0 spiro atoms. The fourth-order valence-electron chi connectivity index (χ4n) is 4.19. The minimum absolute atomic E-state index is 0. The molecule has 1 heterocycles. The van der Waals surface area contributed by atoms with Gasteiger partial charge in [-0.05, 0) is 37.5 Å². The van der Waals surface area contributed by atoms with E-state index in [-0.39, 0.29) is 41.8 Å². The SMILES string of the molecule is CC(NC(=O)C1(N)C2CCCOC2C1(C)C)c1ccc(Cl)cc1.Cl. The molecule has 0 radical (unpaired) electrons. The zero-order chi connectivity index (χ0) is 16.8. The largest absolute Gasteiger partial charge is 0.377 e. The molecule has 4 atom stereocenters. The summed E-state index contributed by atoms with van der Waals surface area (Å²) in [6.45, 7) is 6.80. The van der Waals surface area contributed by atoms with Crippen molar-refractivity contribution in [2.75, 3.05) is 6.61 Å². The third-order valence-electron chi connectivity index (χ3n) is 5.78. The second-order valence-corrected chi connectivity index (χ2v) is 7.81. The molecule has 4 unspecified atom stereocenters. The Morgan fingerprint density at radius 1 is 1.38 bits per heavy atom. The Hall–Kier alpha value is -0.810. The average Bonchev–Trinajstić information content (AvgIpc) is 2.54. The summed E-state index contributed by atoms with van der Waals surface area (Å²) in [5.74, 6) is 0.0142. The van der Waals surface area contributed by atoms with Crippen molar-refractivity contribution in [2.45, 2.75) is 51.3 Å². The molecule has 2 fully saturated rings. The third-order valence-corrected chi connectivity index (χ3v) is 6.03. The summed E-state index contributed by atoms with van der Waals surface area (Å²) in [5, 5.41) is 3.77. The highest BCUT2D eigenvalue weighted by atomic mass is 35.5. The number of carbonyl (C=O) groups is 1. The quantitative estimate of drug-likeness (QED) is 0.853. The van der Waals surface area contributed by atoms with Gasteiger partial charge in [0.15, 0.2) is 0 Å². The van der Waals surface area contributed by atoms with E-state index in [2.05, 4.69) is 5.32 Å². The summed E-state index contributed by atoms with van der Waals surface area (Å²) >= 11 is 5.92. The van der Waals surface area contributed by atoms with Gasteiger partial charge in [-0.15, -0.1) is 12.4 Å². The molecule has 2 aliphatic rings. The fourth-order valence-corrected chi connectivity index (χ4v) is 4.31.